The molecular weight excluding hydrogens is 717 g/mol. The molecule has 0 fully saturated rings. The average Bonchev–Trinajstić information content (AvgIpc) is 3.96. The molecule has 266 valence electrons. The fourth-order valence-electron chi connectivity index (χ4n) is 8.44. The highest BCUT2D eigenvalue weighted by molar-refractivity contribution is 7.26. The summed E-state index contributed by atoms with van der Waals surface area (Å²) in [5.74, 6) is 1.98. The Kier molecular flexibility index (Phi) is 7.03. The first-order valence-corrected chi connectivity index (χ1v) is 19.8. The zero-order valence-corrected chi connectivity index (χ0v) is 31.2. The fraction of sp³-hybridized carbons (Fsp3) is 0. The second kappa shape index (κ2) is 12.6. The van der Waals surface area contributed by atoms with Crippen LogP contribution in [0.15, 0.2) is 186 Å². The zero-order valence-electron chi connectivity index (χ0n) is 30.4. The number of hydrogen-bond acceptors (Lipinski definition) is 5. The van der Waals surface area contributed by atoms with E-state index in [1.807, 2.05) is 60.7 Å². The Balaban J connectivity index is 1.01. The Labute approximate surface area is 330 Å². The summed E-state index contributed by atoms with van der Waals surface area (Å²) in [4.78, 5) is 15.1. The predicted molar refractivity (Wildman–Crippen MR) is 236 cm³/mol. The lowest BCUT2D eigenvalue weighted by Gasteiger charge is -2.10. The van der Waals surface area contributed by atoms with E-state index in [1.54, 1.807) is 11.3 Å². The SMILES string of the molecule is c1ccc(-c2nc(-c3ccccc3)nc(-c3cccc4c3sc3cc(-c5ccc6oc7cccc(-n8c9ccccc9c9ccccc98)c7c6c5)ccc34)n2)cc1. The van der Waals surface area contributed by atoms with Crippen molar-refractivity contribution in [1.29, 1.82) is 0 Å². The second-order valence-corrected chi connectivity index (χ2v) is 15.4. The molecule has 0 aliphatic rings. The molecule has 12 aromatic rings. The van der Waals surface area contributed by atoms with Crippen LogP contribution >= 0.6 is 11.3 Å². The molecule has 0 atom stereocenters. The third-order valence-corrected chi connectivity index (χ3v) is 12.3. The van der Waals surface area contributed by atoms with Crippen LogP contribution in [0.1, 0.15) is 0 Å². The largest absolute Gasteiger partial charge is 0.456 e. The molecular formula is C51H30N4OS. The third-order valence-electron chi connectivity index (χ3n) is 11.1. The summed E-state index contributed by atoms with van der Waals surface area (Å²) in [7, 11) is 0. The van der Waals surface area contributed by atoms with Crippen LogP contribution in [0.3, 0.4) is 0 Å². The Morgan fingerprint density at radius 1 is 0.404 bits per heavy atom. The molecule has 4 aromatic heterocycles. The average molecular weight is 747 g/mol. The Morgan fingerprint density at radius 2 is 1.00 bits per heavy atom. The molecule has 6 heteroatoms. The van der Waals surface area contributed by atoms with Gasteiger partial charge in [0, 0.05) is 53.0 Å². The molecule has 0 aliphatic heterocycles. The number of furan rings is 1. The molecule has 0 N–H and O–H groups in total. The van der Waals surface area contributed by atoms with Crippen LogP contribution in [-0.4, -0.2) is 19.5 Å². The zero-order chi connectivity index (χ0) is 37.5. The van der Waals surface area contributed by atoms with Crippen LogP contribution in [0.25, 0.3) is 115 Å². The van der Waals surface area contributed by atoms with E-state index in [0.29, 0.717) is 17.5 Å². The van der Waals surface area contributed by atoms with Gasteiger partial charge in [0.05, 0.1) is 22.1 Å². The monoisotopic (exact) mass is 746 g/mol. The molecule has 0 spiro atoms. The molecule has 5 nitrogen and oxygen atoms in total. The standard InChI is InChI=1S/C51H30N4OS/c1-3-13-31(14-4-1)49-52-50(32-15-5-2-6-16-32)54-51(53-49)39-20-11-19-38-37-27-25-34(30-46(37)57-48(38)39)33-26-28-44-40(29-33)47-43(23-12-24-45(47)56-44)55-41-21-9-7-17-35(41)36-18-8-10-22-42(36)55/h1-30H. The smallest absolute Gasteiger partial charge is 0.165 e. The van der Waals surface area contributed by atoms with Gasteiger partial charge in [-0.25, -0.2) is 15.0 Å². The number of para-hydroxylation sites is 2. The normalized spacial score (nSPS) is 11.9. The van der Waals surface area contributed by atoms with Crippen molar-refractivity contribution in [2.45, 2.75) is 0 Å². The first-order chi connectivity index (χ1) is 28.2. The van der Waals surface area contributed by atoms with E-state index in [-0.39, 0.29) is 0 Å². The van der Waals surface area contributed by atoms with E-state index in [2.05, 4.69) is 126 Å². The van der Waals surface area contributed by atoms with E-state index >= 15 is 0 Å². The van der Waals surface area contributed by atoms with Crippen LogP contribution in [0.4, 0.5) is 0 Å². The third kappa shape index (κ3) is 5.04. The molecule has 0 amide bonds. The highest BCUT2D eigenvalue weighted by atomic mass is 32.1. The van der Waals surface area contributed by atoms with Gasteiger partial charge in [-0.05, 0) is 59.7 Å². The summed E-state index contributed by atoms with van der Waals surface area (Å²) in [6.45, 7) is 0. The predicted octanol–water partition coefficient (Wildman–Crippen LogP) is 13.9. The maximum atomic E-state index is 6.52. The van der Waals surface area contributed by atoms with Gasteiger partial charge in [0.1, 0.15) is 11.2 Å². The van der Waals surface area contributed by atoms with Crippen LogP contribution < -0.4 is 0 Å². The lowest BCUT2D eigenvalue weighted by Crippen LogP contribution is -2.00. The molecule has 57 heavy (non-hydrogen) atoms. The molecule has 0 saturated heterocycles. The Morgan fingerprint density at radius 3 is 1.72 bits per heavy atom. The summed E-state index contributed by atoms with van der Waals surface area (Å²) in [5, 5.41) is 7.08. The van der Waals surface area contributed by atoms with Crippen molar-refractivity contribution in [2.75, 3.05) is 0 Å². The highest BCUT2D eigenvalue weighted by Crippen LogP contribution is 2.43. The van der Waals surface area contributed by atoms with Crippen molar-refractivity contribution in [3.8, 4) is 51.0 Å². The minimum atomic E-state index is 0.656. The van der Waals surface area contributed by atoms with Gasteiger partial charge in [-0.3, -0.25) is 0 Å². The lowest BCUT2D eigenvalue weighted by atomic mass is 10.0. The molecule has 0 bridgehead atoms. The molecule has 0 radical (unpaired) electrons. The topological polar surface area (TPSA) is 56.7 Å². The maximum Gasteiger partial charge on any atom is 0.165 e. The van der Waals surface area contributed by atoms with Crippen molar-refractivity contribution >= 4 is 75.3 Å². The Bertz CT molecular complexity index is 3420. The van der Waals surface area contributed by atoms with Gasteiger partial charge in [0.15, 0.2) is 17.5 Å². The Hall–Kier alpha value is -7.41. The van der Waals surface area contributed by atoms with E-state index in [0.717, 1.165) is 60.1 Å². The summed E-state index contributed by atoms with van der Waals surface area (Å²) in [5.41, 5.74) is 10.4. The highest BCUT2D eigenvalue weighted by Gasteiger charge is 2.20. The van der Waals surface area contributed by atoms with Gasteiger partial charge < -0.3 is 8.98 Å². The van der Waals surface area contributed by atoms with Crippen LogP contribution in [0.5, 0.6) is 0 Å². The van der Waals surface area contributed by atoms with Crippen LogP contribution in [-0.2, 0) is 0 Å². The molecule has 12 rings (SSSR count). The van der Waals surface area contributed by atoms with Gasteiger partial charge in [-0.15, -0.1) is 11.3 Å². The quantitative estimate of drug-likeness (QED) is 0.176. The lowest BCUT2D eigenvalue weighted by molar-refractivity contribution is 0.669. The number of fused-ring (bicyclic) bond motifs is 9. The first kappa shape index (κ1) is 31.9. The van der Waals surface area contributed by atoms with E-state index in [4.69, 9.17) is 19.4 Å². The van der Waals surface area contributed by atoms with Crippen molar-refractivity contribution in [3.63, 3.8) is 0 Å². The molecule has 4 heterocycles. The van der Waals surface area contributed by atoms with Crippen molar-refractivity contribution in [3.05, 3.63) is 182 Å². The van der Waals surface area contributed by atoms with Crippen molar-refractivity contribution in [2.24, 2.45) is 0 Å². The molecule has 0 aliphatic carbocycles. The van der Waals surface area contributed by atoms with Crippen LogP contribution in [0.2, 0.25) is 0 Å². The molecule has 8 aromatic carbocycles. The second-order valence-electron chi connectivity index (χ2n) is 14.4. The number of nitrogens with zero attached hydrogens (tertiary/aromatic N) is 4. The van der Waals surface area contributed by atoms with Crippen LogP contribution in [0, 0.1) is 0 Å². The van der Waals surface area contributed by atoms with Gasteiger partial charge in [-0.2, -0.15) is 0 Å². The van der Waals surface area contributed by atoms with E-state index in [9.17, 15) is 0 Å². The number of benzene rings is 8. The number of rotatable bonds is 5. The van der Waals surface area contributed by atoms with Gasteiger partial charge >= 0.3 is 0 Å². The van der Waals surface area contributed by atoms with Gasteiger partial charge in [0.2, 0.25) is 0 Å². The molecule has 0 saturated carbocycles. The molecule has 0 unspecified atom stereocenters. The fourth-order valence-corrected chi connectivity index (χ4v) is 9.69. The van der Waals surface area contributed by atoms with Gasteiger partial charge in [-0.1, -0.05) is 133 Å². The number of aromatic nitrogens is 4. The summed E-state index contributed by atoms with van der Waals surface area (Å²) in [6.07, 6.45) is 0. The van der Waals surface area contributed by atoms with Crippen molar-refractivity contribution < 1.29 is 4.42 Å². The van der Waals surface area contributed by atoms with Gasteiger partial charge in [0.25, 0.3) is 0 Å². The van der Waals surface area contributed by atoms with E-state index in [1.165, 1.54) is 37.3 Å². The van der Waals surface area contributed by atoms with E-state index < -0.39 is 0 Å². The maximum absolute atomic E-state index is 6.52. The summed E-state index contributed by atoms with van der Waals surface area (Å²) < 4.78 is 11.3. The minimum Gasteiger partial charge on any atom is -0.456 e. The number of thiophene rings is 1. The first-order valence-electron chi connectivity index (χ1n) is 19.0. The summed E-state index contributed by atoms with van der Waals surface area (Å²) >= 11 is 1.78. The minimum absolute atomic E-state index is 0.656. The summed E-state index contributed by atoms with van der Waals surface area (Å²) in [6, 6.07) is 63.8. The number of hydrogen-bond donors (Lipinski definition) is 0. The van der Waals surface area contributed by atoms with Crippen molar-refractivity contribution in [1.82, 2.24) is 19.5 Å².